The molecule has 94 valence electrons. The second-order valence-electron chi connectivity index (χ2n) is 4.01. The Labute approximate surface area is 99.1 Å². The summed E-state index contributed by atoms with van der Waals surface area (Å²) in [5, 5.41) is 9.06. The lowest BCUT2D eigenvalue weighted by atomic mass is 10.1. The van der Waals surface area contributed by atoms with Gasteiger partial charge in [0.2, 0.25) is 0 Å². The molecule has 0 atom stereocenters. The van der Waals surface area contributed by atoms with Crippen LogP contribution in [0.4, 0.5) is 0 Å². The molecule has 0 saturated heterocycles. The fraction of sp³-hybridized carbons (Fsp3) is 0.769. The molecule has 0 amide bonds. The second-order valence-corrected chi connectivity index (χ2v) is 4.01. The highest BCUT2D eigenvalue weighted by Crippen LogP contribution is 2.18. The molecule has 1 N–H and O–H groups in total. The Bertz CT molecular complexity index is 242. The highest BCUT2D eigenvalue weighted by Gasteiger charge is 2.13. The van der Waals surface area contributed by atoms with Gasteiger partial charge in [-0.15, -0.1) is 0 Å². The molecule has 0 bridgehead atoms. The number of carbonyl (C=O) groups is 1. The van der Waals surface area contributed by atoms with E-state index in [2.05, 4.69) is 25.7 Å². The second kappa shape index (κ2) is 8.20. The Morgan fingerprint density at radius 1 is 1.12 bits per heavy atom. The quantitative estimate of drug-likeness (QED) is 0.511. The lowest BCUT2D eigenvalue weighted by molar-refractivity contribution is -0.132. The van der Waals surface area contributed by atoms with Gasteiger partial charge in [-0.05, 0) is 33.6 Å². The number of aliphatic carboxylic acids is 1. The molecule has 0 radical (unpaired) electrons. The number of carboxylic acid groups (broad SMARTS) is 1. The Morgan fingerprint density at radius 2 is 1.69 bits per heavy atom. The van der Waals surface area contributed by atoms with E-state index in [-0.39, 0.29) is 0 Å². The van der Waals surface area contributed by atoms with Gasteiger partial charge in [0.25, 0.3) is 0 Å². The zero-order valence-corrected chi connectivity index (χ0v) is 11.0. The van der Waals surface area contributed by atoms with Crippen LogP contribution in [0.3, 0.4) is 0 Å². The van der Waals surface area contributed by atoms with E-state index in [1.165, 1.54) is 0 Å². The maximum absolute atomic E-state index is 11.0. The first-order valence-corrected chi connectivity index (χ1v) is 6.26. The summed E-state index contributed by atoms with van der Waals surface area (Å²) in [6.07, 6.45) is 4.29. The summed E-state index contributed by atoms with van der Waals surface area (Å²) in [6, 6.07) is 0. The predicted octanol–water partition coefficient (Wildman–Crippen LogP) is 3.27. The van der Waals surface area contributed by atoms with Crippen LogP contribution < -0.4 is 0 Å². The Morgan fingerprint density at radius 3 is 2.06 bits per heavy atom. The van der Waals surface area contributed by atoms with Crippen molar-refractivity contribution in [2.24, 2.45) is 0 Å². The normalized spacial score (nSPS) is 12.2. The Balaban J connectivity index is 4.75. The summed E-state index contributed by atoms with van der Waals surface area (Å²) in [4.78, 5) is 13.2. The van der Waals surface area contributed by atoms with Gasteiger partial charge in [-0.3, -0.25) is 0 Å². The number of hydrogen-bond acceptors (Lipinski definition) is 2. The number of unbranched alkanes of at least 4 members (excludes halogenated alkanes) is 2. The number of nitrogens with zero attached hydrogens (tertiary/aromatic N) is 1. The standard InChI is InChI=1S/C13H25NO2/c1-5-8-9-10-12(11(4)13(15)16)14(6-2)7-3/h5-10H2,1-4H3,(H,15,16)/b12-11+. The lowest BCUT2D eigenvalue weighted by Gasteiger charge is -2.26. The maximum atomic E-state index is 11.0. The van der Waals surface area contributed by atoms with E-state index in [1.807, 2.05) is 0 Å². The molecule has 0 saturated carbocycles. The molecule has 0 aliphatic heterocycles. The first-order chi connectivity index (χ1) is 7.58. The predicted molar refractivity (Wildman–Crippen MR) is 67.4 cm³/mol. The summed E-state index contributed by atoms with van der Waals surface area (Å²) < 4.78 is 0. The van der Waals surface area contributed by atoms with Crippen LogP contribution in [-0.2, 0) is 4.79 Å². The monoisotopic (exact) mass is 227 g/mol. The van der Waals surface area contributed by atoms with Gasteiger partial charge in [-0.25, -0.2) is 4.79 Å². The third-order valence-electron chi connectivity index (χ3n) is 2.92. The SMILES string of the molecule is CCCCC/C(=C(/C)C(=O)O)N(CC)CC. The fourth-order valence-electron chi connectivity index (χ4n) is 1.85. The van der Waals surface area contributed by atoms with Crippen LogP contribution in [0.25, 0.3) is 0 Å². The third kappa shape index (κ3) is 4.69. The smallest absolute Gasteiger partial charge is 0.333 e. The van der Waals surface area contributed by atoms with Crippen LogP contribution in [-0.4, -0.2) is 29.1 Å². The van der Waals surface area contributed by atoms with Crippen molar-refractivity contribution in [2.45, 2.75) is 53.4 Å². The highest BCUT2D eigenvalue weighted by atomic mass is 16.4. The minimum absolute atomic E-state index is 0.500. The van der Waals surface area contributed by atoms with Crippen LogP contribution in [0.5, 0.6) is 0 Å². The molecule has 0 aromatic rings. The van der Waals surface area contributed by atoms with E-state index >= 15 is 0 Å². The fourth-order valence-corrected chi connectivity index (χ4v) is 1.85. The summed E-state index contributed by atoms with van der Waals surface area (Å²) in [5.74, 6) is -0.793. The molecule has 0 unspecified atom stereocenters. The summed E-state index contributed by atoms with van der Waals surface area (Å²) >= 11 is 0. The van der Waals surface area contributed by atoms with E-state index in [1.54, 1.807) is 6.92 Å². The number of allylic oxidation sites excluding steroid dienone is 1. The zero-order chi connectivity index (χ0) is 12.6. The van der Waals surface area contributed by atoms with Crippen molar-refractivity contribution in [2.75, 3.05) is 13.1 Å². The molecule has 3 heteroatoms. The first kappa shape index (κ1) is 15.0. The van der Waals surface area contributed by atoms with Crippen LogP contribution >= 0.6 is 0 Å². The minimum Gasteiger partial charge on any atom is -0.478 e. The van der Waals surface area contributed by atoms with E-state index in [9.17, 15) is 4.79 Å². The van der Waals surface area contributed by atoms with Crippen molar-refractivity contribution in [3.63, 3.8) is 0 Å². The van der Waals surface area contributed by atoms with Crippen molar-refractivity contribution >= 4 is 5.97 Å². The van der Waals surface area contributed by atoms with E-state index in [0.29, 0.717) is 5.57 Å². The molecule has 0 aliphatic rings. The van der Waals surface area contributed by atoms with Crippen molar-refractivity contribution in [1.82, 2.24) is 4.90 Å². The van der Waals surface area contributed by atoms with Crippen LogP contribution in [0.15, 0.2) is 11.3 Å². The van der Waals surface area contributed by atoms with E-state index < -0.39 is 5.97 Å². The summed E-state index contributed by atoms with van der Waals surface area (Å²) in [5.41, 5.74) is 1.51. The van der Waals surface area contributed by atoms with Gasteiger partial charge < -0.3 is 10.0 Å². The van der Waals surface area contributed by atoms with Gasteiger partial charge >= 0.3 is 5.97 Å². The molecule has 16 heavy (non-hydrogen) atoms. The molecule has 0 aromatic carbocycles. The molecule has 0 spiro atoms. The van der Waals surface area contributed by atoms with Crippen LogP contribution in [0.2, 0.25) is 0 Å². The average molecular weight is 227 g/mol. The molecule has 0 fully saturated rings. The van der Waals surface area contributed by atoms with Gasteiger partial charge in [0, 0.05) is 18.8 Å². The van der Waals surface area contributed by atoms with Gasteiger partial charge in [0.1, 0.15) is 0 Å². The number of carboxylic acids is 1. The van der Waals surface area contributed by atoms with Gasteiger partial charge in [0.05, 0.1) is 5.57 Å². The van der Waals surface area contributed by atoms with Crippen molar-refractivity contribution in [3.8, 4) is 0 Å². The molecule has 0 rings (SSSR count). The van der Waals surface area contributed by atoms with Gasteiger partial charge in [-0.1, -0.05) is 19.8 Å². The summed E-state index contributed by atoms with van der Waals surface area (Å²) in [6.45, 7) is 9.76. The largest absolute Gasteiger partial charge is 0.478 e. The number of hydrogen-bond donors (Lipinski definition) is 1. The average Bonchev–Trinajstić information content (AvgIpc) is 2.27. The van der Waals surface area contributed by atoms with Gasteiger partial charge in [-0.2, -0.15) is 0 Å². The van der Waals surface area contributed by atoms with E-state index in [0.717, 1.165) is 44.5 Å². The highest BCUT2D eigenvalue weighted by molar-refractivity contribution is 5.86. The minimum atomic E-state index is -0.793. The van der Waals surface area contributed by atoms with Crippen LogP contribution in [0, 0.1) is 0 Å². The molecule has 3 nitrogen and oxygen atoms in total. The zero-order valence-electron chi connectivity index (χ0n) is 11.0. The molecule has 0 aromatic heterocycles. The van der Waals surface area contributed by atoms with Gasteiger partial charge in [0.15, 0.2) is 0 Å². The molecular weight excluding hydrogens is 202 g/mol. The number of rotatable bonds is 8. The molecule has 0 heterocycles. The molecule has 0 aliphatic carbocycles. The van der Waals surface area contributed by atoms with Crippen molar-refractivity contribution in [1.29, 1.82) is 0 Å². The van der Waals surface area contributed by atoms with Crippen molar-refractivity contribution < 1.29 is 9.90 Å². The lowest BCUT2D eigenvalue weighted by Crippen LogP contribution is -2.25. The maximum Gasteiger partial charge on any atom is 0.333 e. The third-order valence-corrected chi connectivity index (χ3v) is 2.92. The Kier molecular flexibility index (Phi) is 7.69. The topological polar surface area (TPSA) is 40.5 Å². The first-order valence-electron chi connectivity index (χ1n) is 6.26. The summed E-state index contributed by atoms with van der Waals surface area (Å²) in [7, 11) is 0. The molecular formula is C13H25NO2. The van der Waals surface area contributed by atoms with Crippen molar-refractivity contribution in [3.05, 3.63) is 11.3 Å². The van der Waals surface area contributed by atoms with E-state index in [4.69, 9.17) is 5.11 Å². The Hall–Kier alpha value is -0.990. The van der Waals surface area contributed by atoms with Crippen LogP contribution in [0.1, 0.15) is 53.4 Å².